The predicted molar refractivity (Wildman–Crippen MR) is 152 cm³/mol. The Morgan fingerprint density at radius 3 is 2.11 bits per heavy atom. The molecule has 1 atom stereocenters. The van der Waals surface area contributed by atoms with E-state index in [1.165, 1.54) is 30.1 Å². The van der Waals surface area contributed by atoms with Crippen LogP contribution in [0.1, 0.15) is 24.5 Å². The van der Waals surface area contributed by atoms with E-state index in [1.807, 2.05) is 0 Å². The first-order valence-corrected chi connectivity index (χ1v) is 14.4. The van der Waals surface area contributed by atoms with Gasteiger partial charge >= 0.3 is 0 Å². The molecule has 0 spiro atoms. The van der Waals surface area contributed by atoms with Gasteiger partial charge in [0.25, 0.3) is 10.0 Å². The third-order valence-corrected chi connectivity index (χ3v) is 8.98. The molecule has 7 nitrogen and oxygen atoms in total. The number of rotatable bonds is 10. The zero-order valence-corrected chi connectivity index (χ0v) is 24.2. The summed E-state index contributed by atoms with van der Waals surface area (Å²) in [6, 6.07) is 16.6. The van der Waals surface area contributed by atoms with Gasteiger partial charge in [-0.3, -0.25) is 13.9 Å². The van der Waals surface area contributed by atoms with Gasteiger partial charge < -0.3 is 10.2 Å². The first-order valence-electron chi connectivity index (χ1n) is 11.8. The summed E-state index contributed by atoms with van der Waals surface area (Å²) < 4.78 is 28.5. The van der Waals surface area contributed by atoms with Crippen molar-refractivity contribution in [1.82, 2.24) is 10.2 Å². The topological polar surface area (TPSA) is 86.8 Å². The smallest absolute Gasteiger partial charge is 0.264 e. The molecule has 0 saturated heterocycles. The van der Waals surface area contributed by atoms with E-state index in [1.54, 1.807) is 62.4 Å². The van der Waals surface area contributed by atoms with Crippen LogP contribution in [0.5, 0.6) is 0 Å². The number of anilines is 1. The van der Waals surface area contributed by atoms with Gasteiger partial charge in [0.1, 0.15) is 12.6 Å². The number of nitrogens with one attached hydrogen (secondary N) is 1. The molecule has 202 valence electrons. The highest BCUT2D eigenvalue weighted by Gasteiger charge is 2.34. The molecular weight excluding hydrogens is 569 g/mol. The van der Waals surface area contributed by atoms with Crippen molar-refractivity contribution in [2.24, 2.45) is 0 Å². The standard InChI is InChI=1S/C27H28Cl3N3O4S/c1-4-25(27(35)31-3)32(16-21-22(28)11-8-12-23(21)29)26(34)17-33(19-14-13-18(2)24(30)15-19)38(36,37)20-9-6-5-7-10-20/h5-15,25H,4,16-17H2,1-3H3,(H,31,35). The van der Waals surface area contributed by atoms with E-state index in [4.69, 9.17) is 34.8 Å². The van der Waals surface area contributed by atoms with Crippen LogP contribution in [0.15, 0.2) is 71.6 Å². The number of carbonyl (C=O) groups excluding carboxylic acids is 2. The molecule has 3 rings (SSSR count). The minimum Gasteiger partial charge on any atom is -0.357 e. The fraction of sp³-hybridized carbons (Fsp3) is 0.259. The lowest BCUT2D eigenvalue weighted by Crippen LogP contribution is -2.51. The number of benzene rings is 3. The molecule has 0 aliphatic carbocycles. The Morgan fingerprint density at radius 2 is 1.55 bits per heavy atom. The van der Waals surface area contributed by atoms with Gasteiger partial charge in [0.05, 0.1) is 10.6 Å². The molecule has 3 aromatic carbocycles. The second kappa shape index (κ2) is 12.8. The van der Waals surface area contributed by atoms with E-state index < -0.39 is 34.4 Å². The van der Waals surface area contributed by atoms with Crippen molar-refractivity contribution in [3.63, 3.8) is 0 Å². The van der Waals surface area contributed by atoms with Crippen LogP contribution in [0.2, 0.25) is 15.1 Å². The van der Waals surface area contributed by atoms with E-state index in [0.29, 0.717) is 20.6 Å². The number of aryl methyl sites for hydroxylation is 1. The largest absolute Gasteiger partial charge is 0.357 e. The molecule has 0 bridgehead atoms. The quantitative estimate of drug-likeness (QED) is 0.325. The Morgan fingerprint density at radius 1 is 0.921 bits per heavy atom. The Kier molecular flexibility index (Phi) is 10.1. The molecule has 1 unspecified atom stereocenters. The van der Waals surface area contributed by atoms with Gasteiger partial charge in [-0.15, -0.1) is 0 Å². The molecule has 2 amide bonds. The highest BCUT2D eigenvalue weighted by molar-refractivity contribution is 7.92. The molecule has 1 N–H and O–H groups in total. The zero-order valence-electron chi connectivity index (χ0n) is 21.1. The van der Waals surface area contributed by atoms with Gasteiger partial charge in [0, 0.05) is 34.2 Å². The lowest BCUT2D eigenvalue weighted by molar-refractivity contribution is -0.140. The maximum absolute atomic E-state index is 13.9. The van der Waals surface area contributed by atoms with E-state index >= 15 is 0 Å². The normalized spacial score (nSPS) is 12.1. The number of hydrogen-bond acceptors (Lipinski definition) is 4. The lowest BCUT2D eigenvalue weighted by Gasteiger charge is -2.33. The Hall–Kier alpha value is -2.78. The molecule has 0 aliphatic rings. The Labute approximate surface area is 238 Å². The molecule has 0 aromatic heterocycles. The summed E-state index contributed by atoms with van der Waals surface area (Å²) in [6.45, 7) is 2.85. The number of halogens is 3. The van der Waals surface area contributed by atoms with E-state index in [2.05, 4.69) is 5.32 Å². The monoisotopic (exact) mass is 595 g/mol. The molecule has 0 aliphatic heterocycles. The fourth-order valence-corrected chi connectivity index (χ4v) is 6.04. The molecule has 0 fully saturated rings. The zero-order chi connectivity index (χ0) is 28.0. The van der Waals surface area contributed by atoms with E-state index in [9.17, 15) is 18.0 Å². The van der Waals surface area contributed by atoms with Gasteiger partial charge in [0.15, 0.2) is 0 Å². The number of hydrogen-bond donors (Lipinski definition) is 1. The fourth-order valence-electron chi connectivity index (χ4n) is 3.93. The molecule has 11 heteroatoms. The predicted octanol–water partition coefficient (Wildman–Crippen LogP) is 5.70. The van der Waals surface area contributed by atoms with Gasteiger partial charge in [0.2, 0.25) is 11.8 Å². The summed E-state index contributed by atoms with van der Waals surface area (Å²) in [5.41, 5.74) is 1.41. The van der Waals surface area contributed by atoms with Gasteiger partial charge in [-0.1, -0.05) is 72.1 Å². The van der Waals surface area contributed by atoms with Gasteiger partial charge in [-0.05, 0) is 55.3 Å². The van der Waals surface area contributed by atoms with Crippen LogP contribution in [0.3, 0.4) is 0 Å². The van der Waals surface area contributed by atoms with Gasteiger partial charge in [-0.2, -0.15) is 0 Å². The van der Waals surface area contributed by atoms with Crippen LogP contribution in [0.4, 0.5) is 5.69 Å². The van der Waals surface area contributed by atoms with Crippen LogP contribution < -0.4 is 9.62 Å². The molecule has 38 heavy (non-hydrogen) atoms. The SMILES string of the molecule is CCC(C(=O)NC)N(Cc1c(Cl)cccc1Cl)C(=O)CN(c1ccc(C)c(Cl)c1)S(=O)(=O)c1ccccc1. The maximum atomic E-state index is 13.9. The Bertz CT molecular complexity index is 1400. The van der Waals surface area contributed by atoms with Crippen molar-refractivity contribution in [1.29, 1.82) is 0 Å². The first-order chi connectivity index (χ1) is 18.0. The van der Waals surface area contributed by atoms with Crippen LogP contribution in [0.25, 0.3) is 0 Å². The van der Waals surface area contributed by atoms with Crippen molar-refractivity contribution < 1.29 is 18.0 Å². The van der Waals surface area contributed by atoms with E-state index in [-0.39, 0.29) is 23.5 Å². The molecule has 0 saturated carbocycles. The van der Waals surface area contributed by atoms with Crippen molar-refractivity contribution in [2.45, 2.75) is 37.8 Å². The molecule has 0 heterocycles. The molecule has 0 radical (unpaired) electrons. The second-order valence-corrected chi connectivity index (χ2v) is 11.6. The van der Waals surface area contributed by atoms with Crippen LogP contribution >= 0.6 is 34.8 Å². The number of nitrogens with zero attached hydrogens (tertiary/aromatic N) is 2. The second-order valence-electron chi connectivity index (χ2n) is 8.52. The summed E-state index contributed by atoms with van der Waals surface area (Å²) in [6.07, 6.45) is 0.273. The van der Waals surface area contributed by atoms with Gasteiger partial charge in [-0.25, -0.2) is 8.42 Å². The summed E-state index contributed by atoms with van der Waals surface area (Å²) in [5.74, 6) is -1.02. The number of amides is 2. The van der Waals surface area contributed by atoms with Crippen molar-refractivity contribution in [3.05, 3.63) is 92.9 Å². The van der Waals surface area contributed by atoms with Crippen LogP contribution in [-0.4, -0.2) is 44.8 Å². The number of sulfonamides is 1. The average Bonchev–Trinajstić information content (AvgIpc) is 2.90. The third-order valence-electron chi connectivity index (χ3n) is 6.08. The van der Waals surface area contributed by atoms with Crippen molar-refractivity contribution in [3.8, 4) is 0 Å². The van der Waals surface area contributed by atoms with Crippen molar-refractivity contribution >= 4 is 62.3 Å². The molecular formula is C27H28Cl3N3O4S. The molecule has 3 aromatic rings. The number of likely N-dealkylation sites (N-methyl/N-ethyl adjacent to an activating group) is 1. The maximum Gasteiger partial charge on any atom is 0.264 e. The first kappa shape index (κ1) is 29.8. The average molecular weight is 597 g/mol. The third kappa shape index (κ3) is 6.61. The van der Waals surface area contributed by atoms with Crippen LogP contribution in [0, 0.1) is 6.92 Å². The summed E-state index contributed by atoms with van der Waals surface area (Å²) in [5, 5.41) is 3.56. The highest BCUT2D eigenvalue weighted by atomic mass is 35.5. The van der Waals surface area contributed by atoms with E-state index in [0.717, 1.165) is 9.87 Å². The lowest BCUT2D eigenvalue weighted by atomic mass is 10.1. The summed E-state index contributed by atoms with van der Waals surface area (Å²) in [7, 11) is -2.72. The summed E-state index contributed by atoms with van der Waals surface area (Å²) in [4.78, 5) is 28.0. The number of carbonyl (C=O) groups is 2. The summed E-state index contributed by atoms with van der Waals surface area (Å²) >= 11 is 19.1. The minimum absolute atomic E-state index is 0.00328. The highest BCUT2D eigenvalue weighted by Crippen LogP contribution is 2.30. The minimum atomic E-state index is -4.19. The van der Waals surface area contributed by atoms with Crippen LogP contribution in [-0.2, 0) is 26.2 Å². The van der Waals surface area contributed by atoms with Crippen molar-refractivity contribution in [2.75, 3.05) is 17.9 Å². The Balaban J connectivity index is 2.11.